The Morgan fingerprint density at radius 1 is 1.32 bits per heavy atom. The molecular formula is C15H24N4O3. The fourth-order valence-electron chi connectivity index (χ4n) is 2.44. The zero-order chi connectivity index (χ0) is 16.1. The minimum atomic E-state index is -0.116. The van der Waals surface area contributed by atoms with E-state index >= 15 is 0 Å². The van der Waals surface area contributed by atoms with Gasteiger partial charge in [0.1, 0.15) is 5.76 Å². The number of hydrogen-bond donors (Lipinski definition) is 1. The van der Waals surface area contributed by atoms with Crippen molar-refractivity contribution < 1.29 is 14.1 Å². The van der Waals surface area contributed by atoms with Crippen molar-refractivity contribution in [2.24, 2.45) is 5.92 Å². The standard InChI is InChI=1S/C15H24N4O3/c1-11(2)8-15(21)19-6-4-18(5-7-19)10-14(20)16-13-9-12(3)22-17-13/h9,11H,4-8,10H2,1-3H3,(H,16,17,20). The van der Waals surface area contributed by atoms with Crippen LogP contribution in [0.15, 0.2) is 10.6 Å². The van der Waals surface area contributed by atoms with E-state index in [1.807, 2.05) is 23.6 Å². The summed E-state index contributed by atoms with van der Waals surface area (Å²) in [5.41, 5.74) is 0. The van der Waals surface area contributed by atoms with E-state index in [4.69, 9.17) is 4.52 Å². The maximum absolute atomic E-state index is 12.0. The number of amides is 2. The number of aryl methyl sites for hydroxylation is 1. The van der Waals surface area contributed by atoms with E-state index in [0.717, 1.165) is 13.1 Å². The Bertz CT molecular complexity index is 519. The van der Waals surface area contributed by atoms with E-state index in [2.05, 4.69) is 10.5 Å². The number of rotatable bonds is 5. The molecule has 2 amide bonds. The fraction of sp³-hybridized carbons (Fsp3) is 0.667. The minimum Gasteiger partial charge on any atom is -0.360 e. The molecule has 0 atom stereocenters. The second kappa shape index (κ2) is 7.40. The van der Waals surface area contributed by atoms with Crippen molar-refractivity contribution in [2.45, 2.75) is 27.2 Å². The molecule has 2 heterocycles. The number of nitrogens with zero attached hydrogens (tertiary/aromatic N) is 3. The van der Waals surface area contributed by atoms with E-state index in [0.29, 0.717) is 43.6 Å². The molecule has 0 aromatic carbocycles. The summed E-state index contributed by atoms with van der Waals surface area (Å²) < 4.78 is 4.90. The molecule has 1 aromatic heterocycles. The third-order valence-corrected chi connectivity index (χ3v) is 3.57. The summed E-state index contributed by atoms with van der Waals surface area (Å²) in [5, 5.41) is 6.44. The van der Waals surface area contributed by atoms with Crippen LogP contribution < -0.4 is 5.32 Å². The lowest BCUT2D eigenvalue weighted by molar-refractivity contribution is -0.133. The zero-order valence-electron chi connectivity index (χ0n) is 13.5. The van der Waals surface area contributed by atoms with E-state index in [9.17, 15) is 9.59 Å². The Morgan fingerprint density at radius 2 is 2.00 bits per heavy atom. The third-order valence-electron chi connectivity index (χ3n) is 3.57. The van der Waals surface area contributed by atoms with Crippen molar-refractivity contribution >= 4 is 17.6 Å². The summed E-state index contributed by atoms with van der Waals surface area (Å²) in [7, 11) is 0. The van der Waals surface area contributed by atoms with Gasteiger partial charge in [-0.2, -0.15) is 0 Å². The topological polar surface area (TPSA) is 78.7 Å². The molecule has 122 valence electrons. The molecular weight excluding hydrogens is 284 g/mol. The van der Waals surface area contributed by atoms with Crippen LogP contribution in [0, 0.1) is 12.8 Å². The van der Waals surface area contributed by atoms with Gasteiger partial charge in [-0.3, -0.25) is 14.5 Å². The van der Waals surface area contributed by atoms with E-state index in [-0.39, 0.29) is 11.8 Å². The highest BCUT2D eigenvalue weighted by Gasteiger charge is 2.22. The summed E-state index contributed by atoms with van der Waals surface area (Å²) in [6, 6.07) is 1.68. The maximum atomic E-state index is 12.0. The molecule has 0 aliphatic carbocycles. The van der Waals surface area contributed by atoms with Gasteiger partial charge in [0.05, 0.1) is 6.54 Å². The summed E-state index contributed by atoms with van der Waals surface area (Å²) >= 11 is 0. The highest BCUT2D eigenvalue weighted by molar-refractivity contribution is 5.91. The van der Waals surface area contributed by atoms with Crippen LogP contribution in [0.5, 0.6) is 0 Å². The lowest BCUT2D eigenvalue weighted by Crippen LogP contribution is -2.50. The van der Waals surface area contributed by atoms with Gasteiger partial charge in [-0.05, 0) is 12.8 Å². The van der Waals surface area contributed by atoms with Crippen LogP contribution in [-0.4, -0.2) is 59.5 Å². The number of hydrogen-bond acceptors (Lipinski definition) is 5. The van der Waals surface area contributed by atoms with Gasteiger partial charge in [-0.25, -0.2) is 0 Å². The predicted molar refractivity (Wildman–Crippen MR) is 82.3 cm³/mol. The molecule has 1 saturated heterocycles. The van der Waals surface area contributed by atoms with Crippen LogP contribution in [0.4, 0.5) is 5.82 Å². The molecule has 1 fully saturated rings. The highest BCUT2D eigenvalue weighted by Crippen LogP contribution is 2.09. The predicted octanol–water partition coefficient (Wildman–Crippen LogP) is 1.11. The Morgan fingerprint density at radius 3 is 2.55 bits per heavy atom. The lowest BCUT2D eigenvalue weighted by Gasteiger charge is -2.34. The van der Waals surface area contributed by atoms with E-state index in [1.165, 1.54) is 0 Å². The number of nitrogens with one attached hydrogen (secondary N) is 1. The Balaban J connectivity index is 1.73. The molecule has 0 radical (unpaired) electrons. The molecule has 1 N–H and O–H groups in total. The molecule has 1 aromatic rings. The van der Waals surface area contributed by atoms with Crippen molar-refractivity contribution in [3.63, 3.8) is 0 Å². The first-order valence-corrected chi connectivity index (χ1v) is 7.67. The van der Waals surface area contributed by atoms with Crippen LogP contribution in [0.3, 0.4) is 0 Å². The van der Waals surface area contributed by atoms with Gasteiger partial charge in [0.15, 0.2) is 5.82 Å². The van der Waals surface area contributed by atoms with Gasteiger partial charge in [0, 0.05) is 38.7 Å². The second-order valence-corrected chi connectivity index (χ2v) is 6.13. The van der Waals surface area contributed by atoms with Crippen molar-refractivity contribution in [3.05, 3.63) is 11.8 Å². The van der Waals surface area contributed by atoms with Gasteiger partial charge >= 0.3 is 0 Å². The van der Waals surface area contributed by atoms with Crippen LogP contribution in [0.2, 0.25) is 0 Å². The Kier molecular flexibility index (Phi) is 5.54. The van der Waals surface area contributed by atoms with Gasteiger partial charge in [0.2, 0.25) is 11.8 Å². The zero-order valence-corrected chi connectivity index (χ0v) is 13.5. The highest BCUT2D eigenvalue weighted by atomic mass is 16.5. The van der Waals surface area contributed by atoms with Gasteiger partial charge < -0.3 is 14.7 Å². The van der Waals surface area contributed by atoms with Crippen LogP contribution in [0.25, 0.3) is 0 Å². The van der Waals surface area contributed by atoms with Crippen LogP contribution >= 0.6 is 0 Å². The average molecular weight is 308 g/mol. The normalized spacial score (nSPS) is 16.1. The smallest absolute Gasteiger partial charge is 0.239 e. The number of anilines is 1. The quantitative estimate of drug-likeness (QED) is 0.881. The molecule has 7 nitrogen and oxygen atoms in total. The number of piperazine rings is 1. The second-order valence-electron chi connectivity index (χ2n) is 6.13. The molecule has 1 aliphatic rings. The van der Waals surface area contributed by atoms with Gasteiger partial charge in [-0.15, -0.1) is 0 Å². The molecule has 0 bridgehead atoms. The summed E-state index contributed by atoms with van der Waals surface area (Å²) in [5.74, 6) is 1.57. The number of carbonyl (C=O) groups excluding carboxylic acids is 2. The first-order valence-electron chi connectivity index (χ1n) is 7.67. The molecule has 1 aliphatic heterocycles. The van der Waals surface area contributed by atoms with E-state index in [1.54, 1.807) is 13.0 Å². The van der Waals surface area contributed by atoms with Crippen LogP contribution in [0.1, 0.15) is 26.0 Å². The minimum absolute atomic E-state index is 0.116. The Hall–Kier alpha value is -1.89. The first-order chi connectivity index (χ1) is 10.4. The molecule has 2 rings (SSSR count). The molecule has 0 spiro atoms. The van der Waals surface area contributed by atoms with Crippen LogP contribution in [-0.2, 0) is 9.59 Å². The Labute approximate surface area is 130 Å². The monoisotopic (exact) mass is 308 g/mol. The van der Waals surface area contributed by atoms with Crippen molar-refractivity contribution in [1.29, 1.82) is 0 Å². The maximum Gasteiger partial charge on any atom is 0.239 e. The third kappa shape index (κ3) is 4.84. The van der Waals surface area contributed by atoms with E-state index < -0.39 is 0 Å². The SMILES string of the molecule is Cc1cc(NC(=O)CN2CCN(C(=O)CC(C)C)CC2)no1. The molecule has 0 saturated carbocycles. The van der Waals surface area contributed by atoms with Crippen molar-refractivity contribution in [3.8, 4) is 0 Å². The summed E-state index contributed by atoms with van der Waals surface area (Å²) in [6.07, 6.45) is 0.589. The molecule has 0 unspecified atom stereocenters. The summed E-state index contributed by atoms with van der Waals surface area (Å²) in [4.78, 5) is 27.9. The summed E-state index contributed by atoms with van der Waals surface area (Å²) in [6.45, 7) is 8.97. The average Bonchev–Trinajstić information content (AvgIpc) is 2.83. The van der Waals surface area contributed by atoms with Crippen molar-refractivity contribution in [2.75, 3.05) is 38.0 Å². The largest absolute Gasteiger partial charge is 0.360 e. The van der Waals surface area contributed by atoms with Gasteiger partial charge in [0.25, 0.3) is 0 Å². The molecule has 22 heavy (non-hydrogen) atoms. The van der Waals surface area contributed by atoms with Crippen molar-refractivity contribution in [1.82, 2.24) is 15.0 Å². The number of carbonyl (C=O) groups is 2. The van der Waals surface area contributed by atoms with Gasteiger partial charge in [-0.1, -0.05) is 19.0 Å². The fourth-order valence-corrected chi connectivity index (χ4v) is 2.44. The molecule has 7 heteroatoms. The lowest BCUT2D eigenvalue weighted by atomic mass is 10.1. The first kappa shape index (κ1) is 16.5. The number of aromatic nitrogens is 1.